The van der Waals surface area contributed by atoms with Crippen LogP contribution in [0.25, 0.3) is 0 Å². The fourth-order valence-electron chi connectivity index (χ4n) is 5.26. The normalized spacial score (nSPS) is 27.7. The summed E-state index contributed by atoms with van der Waals surface area (Å²) >= 11 is 0. The number of hydrogen-bond acceptors (Lipinski definition) is 4. The Kier molecular flexibility index (Phi) is 6.10. The first-order valence-corrected chi connectivity index (χ1v) is 10.8. The quantitative estimate of drug-likeness (QED) is 0.548. The van der Waals surface area contributed by atoms with Gasteiger partial charge in [-0.2, -0.15) is 0 Å². The minimum absolute atomic E-state index is 0.00138. The average molecular weight is 407 g/mol. The molecule has 2 aromatic rings. The minimum atomic E-state index is -1.33. The Morgan fingerprint density at radius 1 is 1.30 bits per heavy atom. The van der Waals surface area contributed by atoms with E-state index in [4.69, 9.17) is 11.2 Å². The van der Waals surface area contributed by atoms with E-state index in [1.54, 1.807) is 13.2 Å². The zero-order valence-corrected chi connectivity index (χ0v) is 17.6. The first kappa shape index (κ1) is 20.9. The second kappa shape index (κ2) is 8.77. The number of piperidine rings is 3. The number of nitrogens with one attached hydrogen (secondary N) is 1. The third-order valence-corrected chi connectivity index (χ3v) is 6.68. The fourth-order valence-corrected chi connectivity index (χ4v) is 5.26. The van der Waals surface area contributed by atoms with Crippen molar-refractivity contribution in [2.24, 2.45) is 5.92 Å². The second-order valence-electron chi connectivity index (χ2n) is 8.48. The zero-order chi connectivity index (χ0) is 21.1. The van der Waals surface area contributed by atoms with Crippen LogP contribution in [0.15, 0.2) is 41.2 Å². The molecular weight excluding hydrogens is 376 g/mol. The van der Waals surface area contributed by atoms with Crippen LogP contribution in [0.2, 0.25) is 0 Å². The van der Waals surface area contributed by atoms with Crippen molar-refractivity contribution in [3.05, 3.63) is 69.1 Å². The van der Waals surface area contributed by atoms with Gasteiger partial charge in [-0.1, -0.05) is 36.3 Å². The van der Waals surface area contributed by atoms with Gasteiger partial charge in [0.15, 0.2) is 5.43 Å². The monoisotopic (exact) mass is 406 g/mol. The van der Waals surface area contributed by atoms with Crippen molar-refractivity contribution in [1.82, 2.24) is 9.88 Å². The highest BCUT2D eigenvalue weighted by Gasteiger charge is 2.55. The molecule has 3 fully saturated rings. The van der Waals surface area contributed by atoms with E-state index in [1.165, 1.54) is 0 Å². The number of methoxy groups -OCH3 is 1. The molecule has 1 aromatic carbocycles. The predicted molar refractivity (Wildman–Crippen MR) is 117 cm³/mol. The molecule has 5 heteroatoms. The molecule has 0 amide bonds. The van der Waals surface area contributed by atoms with Crippen LogP contribution in [-0.2, 0) is 23.2 Å². The summed E-state index contributed by atoms with van der Waals surface area (Å²) in [5, 5.41) is 12.0. The summed E-state index contributed by atoms with van der Waals surface area (Å²) in [7, 11) is 1.68. The van der Waals surface area contributed by atoms with Crippen molar-refractivity contribution < 1.29 is 9.84 Å². The highest BCUT2D eigenvalue weighted by molar-refractivity contribution is 5.39. The standard InChI is InChI=1S/C25H30N2O3/c1-3-23-25(29,19-11-13-27(23)14-12-19)24-21(16-18-8-5-4-6-9-18)26-20(17-22(24)28)10-7-15-30-2/h1,4-6,8-9,17,19,23,29H,7,10-16H2,2H3,(H,26,28)/t23?,25-/m0/s1. The molecule has 1 aromatic heterocycles. The molecule has 2 atom stereocenters. The van der Waals surface area contributed by atoms with Gasteiger partial charge in [0.25, 0.3) is 0 Å². The Labute approximate surface area is 178 Å². The summed E-state index contributed by atoms with van der Waals surface area (Å²) in [4.78, 5) is 19.1. The number of fused-ring (bicyclic) bond motifs is 3. The van der Waals surface area contributed by atoms with E-state index in [1.807, 2.05) is 30.3 Å². The van der Waals surface area contributed by atoms with E-state index in [9.17, 15) is 9.90 Å². The van der Waals surface area contributed by atoms with Crippen LogP contribution in [0.3, 0.4) is 0 Å². The first-order valence-electron chi connectivity index (χ1n) is 10.8. The van der Waals surface area contributed by atoms with Crippen LogP contribution in [0.5, 0.6) is 0 Å². The lowest BCUT2D eigenvalue weighted by molar-refractivity contribution is -0.144. The molecule has 0 spiro atoms. The van der Waals surface area contributed by atoms with Crippen molar-refractivity contribution >= 4 is 0 Å². The lowest BCUT2D eigenvalue weighted by Crippen LogP contribution is -2.64. The molecular formula is C25H30N2O3. The molecule has 158 valence electrons. The molecule has 4 heterocycles. The summed E-state index contributed by atoms with van der Waals surface area (Å²) in [6.07, 6.45) is 9.69. The van der Waals surface area contributed by atoms with Crippen LogP contribution >= 0.6 is 0 Å². The molecule has 3 saturated heterocycles. The van der Waals surface area contributed by atoms with Gasteiger partial charge in [-0.3, -0.25) is 9.69 Å². The van der Waals surface area contributed by atoms with Gasteiger partial charge in [0, 0.05) is 37.6 Å². The van der Waals surface area contributed by atoms with Crippen LogP contribution in [-0.4, -0.2) is 47.8 Å². The lowest BCUT2D eigenvalue weighted by atomic mass is 9.66. The van der Waals surface area contributed by atoms with Crippen LogP contribution in [0.4, 0.5) is 0 Å². The van der Waals surface area contributed by atoms with Crippen LogP contribution in [0, 0.1) is 18.3 Å². The molecule has 1 unspecified atom stereocenters. The number of aryl methyl sites for hydroxylation is 1. The Hall–Kier alpha value is -2.39. The maximum absolute atomic E-state index is 13.4. The van der Waals surface area contributed by atoms with Crippen molar-refractivity contribution in [2.75, 3.05) is 26.8 Å². The van der Waals surface area contributed by atoms with Gasteiger partial charge in [-0.15, -0.1) is 6.42 Å². The summed E-state index contributed by atoms with van der Waals surface area (Å²) in [5.74, 6) is 2.80. The third kappa shape index (κ3) is 3.72. The Bertz CT molecular complexity index is 970. The van der Waals surface area contributed by atoms with Gasteiger partial charge >= 0.3 is 0 Å². The topological polar surface area (TPSA) is 65.6 Å². The minimum Gasteiger partial charge on any atom is -0.385 e. The largest absolute Gasteiger partial charge is 0.385 e. The van der Waals surface area contributed by atoms with E-state index >= 15 is 0 Å². The second-order valence-corrected chi connectivity index (χ2v) is 8.48. The number of hydrogen-bond donors (Lipinski definition) is 2. The lowest BCUT2D eigenvalue weighted by Gasteiger charge is -2.54. The Morgan fingerprint density at radius 2 is 2.03 bits per heavy atom. The van der Waals surface area contributed by atoms with Gasteiger partial charge in [0.2, 0.25) is 0 Å². The van der Waals surface area contributed by atoms with E-state index in [0.717, 1.165) is 55.7 Å². The molecule has 0 aliphatic carbocycles. The number of pyridine rings is 1. The summed E-state index contributed by atoms with van der Waals surface area (Å²) in [6.45, 7) is 2.39. The highest BCUT2D eigenvalue weighted by atomic mass is 16.5. The van der Waals surface area contributed by atoms with Crippen LogP contribution < -0.4 is 5.43 Å². The van der Waals surface area contributed by atoms with Crippen molar-refractivity contribution in [3.8, 4) is 12.3 Å². The molecule has 5 nitrogen and oxygen atoms in total. The average Bonchev–Trinajstić information content (AvgIpc) is 2.75. The SMILES string of the molecule is C#CC1N2CCC(CC2)[C@@]1(O)c1c(Cc2ccccc2)[nH]c(CCCOC)cc1=O. The third-order valence-electron chi connectivity index (χ3n) is 6.68. The molecule has 0 saturated carbocycles. The van der Waals surface area contributed by atoms with E-state index in [2.05, 4.69) is 15.8 Å². The molecule has 30 heavy (non-hydrogen) atoms. The molecule has 2 bridgehead atoms. The molecule has 3 aliphatic heterocycles. The van der Waals surface area contributed by atoms with Gasteiger partial charge < -0.3 is 14.8 Å². The van der Waals surface area contributed by atoms with Gasteiger partial charge in [0.1, 0.15) is 11.6 Å². The van der Waals surface area contributed by atoms with E-state index in [0.29, 0.717) is 18.6 Å². The number of H-pyrrole nitrogens is 1. The van der Waals surface area contributed by atoms with Crippen molar-refractivity contribution in [3.63, 3.8) is 0 Å². The summed E-state index contributed by atoms with van der Waals surface area (Å²) < 4.78 is 5.16. The molecule has 3 aliphatic rings. The number of aliphatic hydroxyl groups is 1. The van der Waals surface area contributed by atoms with Gasteiger partial charge in [0.05, 0.1) is 5.56 Å². The highest BCUT2D eigenvalue weighted by Crippen LogP contribution is 2.46. The predicted octanol–water partition coefficient (Wildman–Crippen LogP) is 2.46. The number of rotatable bonds is 7. The number of benzene rings is 1. The first-order chi connectivity index (χ1) is 14.6. The fraction of sp³-hybridized carbons (Fsp3) is 0.480. The maximum Gasteiger partial charge on any atom is 0.188 e. The Balaban J connectivity index is 1.81. The summed E-state index contributed by atoms with van der Waals surface area (Å²) in [6, 6.07) is 11.2. The van der Waals surface area contributed by atoms with E-state index < -0.39 is 11.6 Å². The maximum atomic E-state index is 13.4. The number of aromatic nitrogens is 1. The number of ether oxygens (including phenoxy) is 1. The Morgan fingerprint density at radius 3 is 2.70 bits per heavy atom. The molecule has 5 rings (SSSR count). The van der Waals surface area contributed by atoms with Crippen LogP contribution in [0.1, 0.15) is 41.8 Å². The van der Waals surface area contributed by atoms with E-state index in [-0.39, 0.29) is 11.3 Å². The molecule has 2 N–H and O–H groups in total. The van der Waals surface area contributed by atoms with Crippen molar-refractivity contribution in [1.29, 1.82) is 0 Å². The molecule has 0 radical (unpaired) electrons. The van der Waals surface area contributed by atoms with Gasteiger partial charge in [-0.05, 0) is 50.3 Å². The van der Waals surface area contributed by atoms with Gasteiger partial charge in [-0.25, -0.2) is 0 Å². The number of aromatic amines is 1. The number of terminal acetylenes is 1. The summed E-state index contributed by atoms with van der Waals surface area (Å²) in [5.41, 5.74) is 1.74. The van der Waals surface area contributed by atoms with Crippen molar-refractivity contribution in [2.45, 2.75) is 43.7 Å². The smallest absolute Gasteiger partial charge is 0.188 e. The zero-order valence-electron chi connectivity index (χ0n) is 17.6. The number of nitrogens with zero attached hydrogens (tertiary/aromatic N) is 1.